The van der Waals surface area contributed by atoms with Crippen LogP contribution in [0.1, 0.15) is 59.5 Å². The van der Waals surface area contributed by atoms with Gasteiger partial charge < -0.3 is 10.2 Å². The Balaban J connectivity index is 1.39. The highest BCUT2D eigenvalue weighted by Crippen LogP contribution is 2.56. The van der Waals surface area contributed by atoms with Crippen molar-refractivity contribution in [1.29, 1.82) is 0 Å². The number of para-hydroxylation sites is 1. The van der Waals surface area contributed by atoms with Crippen LogP contribution in [0.3, 0.4) is 0 Å². The summed E-state index contributed by atoms with van der Waals surface area (Å²) >= 11 is 2.02. The Kier molecular flexibility index (Phi) is 5.17. The van der Waals surface area contributed by atoms with Crippen LogP contribution in [0.15, 0.2) is 47.4 Å². The maximum absolute atomic E-state index is 12.8. The van der Waals surface area contributed by atoms with E-state index in [0.29, 0.717) is 18.1 Å². The van der Waals surface area contributed by atoms with Gasteiger partial charge in [-0.3, -0.25) is 4.79 Å². The van der Waals surface area contributed by atoms with E-state index >= 15 is 0 Å². The van der Waals surface area contributed by atoms with Crippen LogP contribution in [0.25, 0.3) is 0 Å². The van der Waals surface area contributed by atoms with Gasteiger partial charge in [-0.15, -0.1) is 11.8 Å². The SMILES string of the molecule is Cc1cccc(C(=O)CCC[C@]23CCNC[C@H]2c2cccc4c2N3CCCS4)c1. The molecule has 0 radical (unpaired) electrons. The molecule has 5 rings (SSSR count). The van der Waals surface area contributed by atoms with E-state index in [1.807, 2.05) is 30.0 Å². The summed E-state index contributed by atoms with van der Waals surface area (Å²) in [5.41, 5.74) is 5.26. The molecule has 0 aromatic heterocycles. The Bertz CT molecular complexity index is 927. The first-order valence-corrected chi connectivity index (χ1v) is 12.0. The number of carbonyl (C=O) groups excluding carboxylic acids is 1. The molecule has 3 aliphatic rings. The van der Waals surface area contributed by atoms with Crippen molar-refractivity contribution in [3.05, 3.63) is 59.2 Å². The lowest BCUT2D eigenvalue weighted by molar-refractivity contribution is 0.0974. The molecule has 2 aromatic rings. The number of benzene rings is 2. The van der Waals surface area contributed by atoms with E-state index in [-0.39, 0.29) is 5.54 Å². The van der Waals surface area contributed by atoms with Gasteiger partial charge in [0.15, 0.2) is 5.78 Å². The van der Waals surface area contributed by atoms with Crippen molar-refractivity contribution in [3.63, 3.8) is 0 Å². The summed E-state index contributed by atoms with van der Waals surface area (Å²) in [5, 5.41) is 3.65. The number of fused-ring (bicyclic) bond motifs is 3. The number of nitrogens with one attached hydrogen (secondary N) is 1. The average molecular weight is 407 g/mol. The van der Waals surface area contributed by atoms with Crippen molar-refractivity contribution >= 4 is 23.2 Å². The quantitative estimate of drug-likeness (QED) is 0.694. The van der Waals surface area contributed by atoms with Crippen LogP contribution in [-0.4, -0.2) is 36.7 Å². The van der Waals surface area contributed by atoms with Gasteiger partial charge in [0.25, 0.3) is 0 Å². The molecule has 4 heteroatoms. The number of ketones is 1. The van der Waals surface area contributed by atoms with Crippen molar-refractivity contribution in [2.24, 2.45) is 0 Å². The number of Topliss-reactive ketones (excluding diaryl/α,β-unsaturated/α-hetero) is 1. The minimum absolute atomic E-state index is 0.182. The van der Waals surface area contributed by atoms with E-state index in [0.717, 1.165) is 43.6 Å². The molecule has 3 heterocycles. The molecule has 1 N–H and O–H groups in total. The number of carbonyl (C=O) groups is 1. The second kappa shape index (κ2) is 7.81. The maximum Gasteiger partial charge on any atom is 0.162 e. The standard InChI is InChI=1S/C25H30N2OS/c1-18-6-2-7-19(16-18)22(28)9-4-11-25-12-13-26-17-21(25)20-8-3-10-23-24(20)27(25)14-5-15-29-23/h2-3,6-8,10,16,21,26H,4-5,9,11-15,17H2,1H3/t21-,25-/m0/s1. The average Bonchev–Trinajstić information content (AvgIpc) is 2.86. The lowest BCUT2D eigenvalue weighted by Crippen LogP contribution is -2.56. The summed E-state index contributed by atoms with van der Waals surface area (Å²) in [7, 11) is 0. The molecule has 0 amide bonds. The Morgan fingerprint density at radius 1 is 1.28 bits per heavy atom. The maximum atomic E-state index is 12.8. The molecule has 152 valence electrons. The zero-order chi connectivity index (χ0) is 19.8. The lowest BCUT2D eigenvalue weighted by atomic mass is 9.73. The topological polar surface area (TPSA) is 32.3 Å². The largest absolute Gasteiger partial charge is 0.364 e. The predicted molar refractivity (Wildman–Crippen MR) is 121 cm³/mol. The summed E-state index contributed by atoms with van der Waals surface area (Å²) in [4.78, 5) is 17.0. The van der Waals surface area contributed by atoms with Crippen molar-refractivity contribution in [2.75, 3.05) is 30.3 Å². The molecule has 0 bridgehead atoms. The Labute approximate surface area is 178 Å². The van der Waals surface area contributed by atoms with Crippen molar-refractivity contribution < 1.29 is 4.79 Å². The van der Waals surface area contributed by atoms with Crippen LogP contribution < -0.4 is 10.2 Å². The number of piperidine rings is 1. The smallest absolute Gasteiger partial charge is 0.162 e. The molecule has 0 saturated carbocycles. The van der Waals surface area contributed by atoms with Gasteiger partial charge in [-0.25, -0.2) is 0 Å². The third kappa shape index (κ3) is 3.30. The number of thioether (sulfide) groups is 1. The minimum atomic E-state index is 0.182. The molecular weight excluding hydrogens is 376 g/mol. The van der Waals surface area contributed by atoms with Crippen LogP contribution in [0.4, 0.5) is 5.69 Å². The van der Waals surface area contributed by atoms with Gasteiger partial charge in [0.2, 0.25) is 0 Å². The van der Waals surface area contributed by atoms with Crippen molar-refractivity contribution in [1.82, 2.24) is 5.32 Å². The summed E-state index contributed by atoms with van der Waals surface area (Å²) in [6.07, 6.45) is 5.14. The first kappa shape index (κ1) is 19.2. The normalized spacial score (nSPS) is 25.3. The van der Waals surface area contributed by atoms with Gasteiger partial charge in [0.05, 0.1) is 5.69 Å². The van der Waals surface area contributed by atoms with Crippen LogP contribution in [0, 0.1) is 6.92 Å². The van der Waals surface area contributed by atoms with Crippen LogP contribution in [0.5, 0.6) is 0 Å². The van der Waals surface area contributed by atoms with Crippen molar-refractivity contribution in [3.8, 4) is 0 Å². The summed E-state index contributed by atoms with van der Waals surface area (Å²) in [6, 6.07) is 14.9. The zero-order valence-electron chi connectivity index (χ0n) is 17.2. The van der Waals surface area contributed by atoms with E-state index in [1.165, 1.54) is 34.7 Å². The number of hydrogen-bond donors (Lipinski definition) is 1. The molecule has 1 fully saturated rings. The second-order valence-corrected chi connectivity index (χ2v) is 9.94. The third-order valence-electron chi connectivity index (χ3n) is 7.08. The molecule has 2 aromatic carbocycles. The molecule has 3 aliphatic heterocycles. The fraction of sp³-hybridized carbons (Fsp3) is 0.480. The fourth-order valence-corrected chi connectivity index (χ4v) is 6.81. The van der Waals surface area contributed by atoms with Crippen LogP contribution in [0.2, 0.25) is 0 Å². The van der Waals surface area contributed by atoms with E-state index in [1.54, 1.807) is 0 Å². The highest BCUT2D eigenvalue weighted by Gasteiger charge is 2.52. The Morgan fingerprint density at radius 3 is 3.07 bits per heavy atom. The molecule has 2 atom stereocenters. The van der Waals surface area contributed by atoms with Gasteiger partial charge in [-0.2, -0.15) is 0 Å². The molecule has 3 nitrogen and oxygen atoms in total. The van der Waals surface area contributed by atoms with E-state index in [2.05, 4.69) is 41.4 Å². The molecule has 1 saturated heterocycles. The molecule has 0 aliphatic carbocycles. The van der Waals surface area contributed by atoms with Crippen LogP contribution >= 0.6 is 11.8 Å². The van der Waals surface area contributed by atoms with Gasteiger partial charge in [0.1, 0.15) is 0 Å². The Hall–Kier alpha value is -1.78. The summed E-state index contributed by atoms with van der Waals surface area (Å²) < 4.78 is 0. The van der Waals surface area contributed by atoms with Crippen LogP contribution in [-0.2, 0) is 0 Å². The first-order chi connectivity index (χ1) is 14.2. The number of aryl methyl sites for hydroxylation is 1. The summed E-state index contributed by atoms with van der Waals surface area (Å²) in [6.45, 7) is 5.35. The highest BCUT2D eigenvalue weighted by atomic mass is 32.2. The molecule has 29 heavy (non-hydrogen) atoms. The Morgan fingerprint density at radius 2 is 2.17 bits per heavy atom. The number of hydrogen-bond acceptors (Lipinski definition) is 4. The molecular formula is C25H30N2OS. The minimum Gasteiger partial charge on any atom is -0.364 e. The number of rotatable bonds is 5. The highest BCUT2D eigenvalue weighted by molar-refractivity contribution is 7.99. The van der Waals surface area contributed by atoms with Gasteiger partial charge in [0, 0.05) is 41.4 Å². The van der Waals surface area contributed by atoms with Gasteiger partial charge in [-0.1, -0.05) is 35.9 Å². The fourth-order valence-electron chi connectivity index (χ4n) is 5.78. The molecule has 0 unspecified atom stereocenters. The monoisotopic (exact) mass is 406 g/mol. The van der Waals surface area contributed by atoms with E-state index in [4.69, 9.17) is 0 Å². The third-order valence-corrected chi connectivity index (χ3v) is 8.22. The van der Waals surface area contributed by atoms with Crippen molar-refractivity contribution in [2.45, 2.75) is 55.4 Å². The van der Waals surface area contributed by atoms with Gasteiger partial charge in [-0.05, 0) is 62.6 Å². The number of nitrogens with zero attached hydrogens (tertiary/aromatic N) is 1. The molecule has 0 spiro atoms. The summed E-state index contributed by atoms with van der Waals surface area (Å²) in [5.74, 6) is 2.04. The van der Waals surface area contributed by atoms with E-state index in [9.17, 15) is 4.79 Å². The predicted octanol–water partition coefficient (Wildman–Crippen LogP) is 5.18. The van der Waals surface area contributed by atoms with Gasteiger partial charge >= 0.3 is 0 Å². The lowest BCUT2D eigenvalue weighted by Gasteiger charge is -2.47. The first-order valence-electron chi connectivity index (χ1n) is 11.0. The zero-order valence-corrected chi connectivity index (χ0v) is 18.1. The second-order valence-electron chi connectivity index (χ2n) is 8.80. The number of anilines is 1. The van der Waals surface area contributed by atoms with E-state index < -0.39 is 0 Å².